The van der Waals surface area contributed by atoms with Gasteiger partial charge in [0.15, 0.2) is 6.61 Å². The fraction of sp³-hybridized carbons (Fsp3) is 0.294. The Morgan fingerprint density at radius 2 is 1.96 bits per heavy atom. The second-order valence-corrected chi connectivity index (χ2v) is 5.62. The van der Waals surface area contributed by atoms with Gasteiger partial charge in [-0.3, -0.25) is 14.9 Å². The first-order chi connectivity index (χ1) is 11.8. The molecule has 25 heavy (non-hydrogen) atoms. The molecule has 1 unspecified atom stereocenters. The topological polar surface area (TPSA) is 94.7 Å². The maximum Gasteiger partial charge on any atom is 0.355 e. The molecule has 8 nitrogen and oxygen atoms in total. The largest absolute Gasteiger partial charge is 0.451 e. The van der Waals surface area contributed by atoms with Gasteiger partial charge in [0.1, 0.15) is 5.69 Å². The third kappa shape index (κ3) is 4.23. The Morgan fingerprint density at radius 3 is 2.52 bits per heavy atom. The van der Waals surface area contributed by atoms with E-state index in [0.717, 1.165) is 11.6 Å². The van der Waals surface area contributed by atoms with Crippen LogP contribution in [0.25, 0.3) is 0 Å². The van der Waals surface area contributed by atoms with E-state index in [2.05, 4.69) is 0 Å². The fourth-order valence-electron chi connectivity index (χ4n) is 2.32. The number of nitrogens with zero attached hydrogens (tertiary/aromatic N) is 3. The Bertz CT molecular complexity index is 785. The molecule has 0 aliphatic carbocycles. The van der Waals surface area contributed by atoms with Crippen LogP contribution in [-0.2, 0) is 16.6 Å². The number of rotatable bonds is 6. The lowest BCUT2D eigenvalue weighted by Crippen LogP contribution is -2.33. The second kappa shape index (κ2) is 7.61. The molecule has 132 valence electrons. The number of nitro groups is 1. The Labute approximate surface area is 144 Å². The summed E-state index contributed by atoms with van der Waals surface area (Å²) in [5.74, 6) is -1.15. The van der Waals surface area contributed by atoms with Crippen LogP contribution in [0.1, 0.15) is 29.0 Å². The molecule has 0 fully saturated rings. The van der Waals surface area contributed by atoms with Gasteiger partial charge in [0.25, 0.3) is 11.6 Å². The number of benzene rings is 1. The molecular weight excluding hydrogens is 326 g/mol. The van der Waals surface area contributed by atoms with E-state index in [-0.39, 0.29) is 23.3 Å². The van der Waals surface area contributed by atoms with Gasteiger partial charge in [-0.05, 0) is 12.5 Å². The first-order valence-electron chi connectivity index (χ1n) is 7.59. The number of esters is 1. The van der Waals surface area contributed by atoms with Gasteiger partial charge in [-0.15, -0.1) is 0 Å². The number of likely N-dealkylation sites (N-methyl/N-ethyl adjacent to an activating group) is 1. The predicted molar refractivity (Wildman–Crippen MR) is 90.0 cm³/mol. The molecule has 1 amide bonds. The minimum atomic E-state index is -0.787. The van der Waals surface area contributed by atoms with Crippen LogP contribution in [0.2, 0.25) is 0 Å². The SMILES string of the molecule is CC(c1ccccc1)N(C)C(=O)COC(=O)c1cc([N+](=O)[O-])cn1C. The molecule has 0 radical (unpaired) electrons. The van der Waals surface area contributed by atoms with E-state index in [1.807, 2.05) is 37.3 Å². The normalized spacial score (nSPS) is 11.6. The van der Waals surface area contributed by atoms with Crippen molar-refractivity contribution in [3.8, 4) is 0 Å². The standard InChI is InChI=1S/C17H19N3O5/c1-12(13-7-5-4-6-8-13)19(3)16(21)11-25-17(22)15-9-14(20(23)24)10-18(15)2/h4-10,12H,11H2,1-3H3. The highest BCUT2D eigenvalue weighted by Gasteiger charge is 2.22. The van der Waals surface area contributed by atoms with Crippen molar-refractivity contribution >= 4 is 17.6 Å². The average molecular weight is 345 g/mol. The van der Waals surface area contributed by atoms with Crippen molar-refractivity contribution < 1.29 is 19.2 Å². The smallest absolute Gasteiger partial charge is 0.355 e. The summed E-state index contributed by atoms with van der Waals surface area (Å²) >= 11 is 0. The Hall–Kier alpha value is -3.16. The van der Waals surface area contributed by atoms with Crippen molar-refractivity contribution in [3.05, 3.63) is 64.0 Å². The van der Waals surface area contributed by atoms with E-state index in [0.29, 0.717) is 0 Å². The first-order valence-corrected chi connectivity index (χ1v) is 7.59. The molecule has 8 heteroatoms. The summed E-state index contributed by atoms with van der Waals surface area (Å²) < 4.78 is 6.29. The van der Waals surface area contributed by atoms with Crippen LogP contribution in [0.4, 0.5) is 5.69 Å². The van der Waals surface area contributed by atoms with Gasteiger partial charge in [-0.1, -0.05) is 30.3 Å². The van der Waals surface area contributed by atoms with E-state index in [9.17, 15) is 19.7 Å². The zero-order valence-electron chi connectivity index (χ0n) is 14.2. The average Bonchev–Trinajstić information content (AvgIpc) is 3.01. The third-order valence-corrected chi connectivity index (χ3v) is 3.99. The minimum Gasteiger partial charge on any atom is -0.451 e. The summed E-state index contributed by atoms with van der Waals surface area (Å²) in [6.45, 7) is 1.43. The lowest BCUT2D eigenvalue weighted by atomic mass is 10.1. The van der Waals surface area contributed by atoms with Crippen molar-refractivity contribution in [2.24, 2.45) is 7.05 Å². The molecule has 0 N–H and O–H groups in total. The number of hydrogen-bond donors (Lipinski definition) is 0. The van der Waals surface area contributed by atoms with Gasteiger partial charge in [0.05, 0.1) is 17.2 Å². The molecule has 0 saturated heterocycles. The molecule has 2 rings (SSSR count). The number of amides is 1. The summed E-state index contributed by atoms with van der Waals surface area (Å²) in [7, 11) is 3.12. The van der Waals surface area contributed by atoms with Crippen molar-refractivity contribution in [1.29, 1.82) is 0 Å². The van der Waals surface area contributed by atoms with Crippen molar-refractivity contribution in [2.45, 2.75) is 13.0 Å². The maximum atomic E-state index is 12.2. The van der Waals surface area contributed by atoms with Crippen LogP contribution in [0, 0.1) is 10.1 Å². The molecule has 0 bridgehead atoms. The van der Waals surface area contributed by atoms with Crippen LogP contribution < -0.4 is 0 Å². The number of carbonyl (C=O) groups excluding carboxylic acids is 2. The Kier molecular flexibility index (Phi) is 5.53. The van der Waals surface area contributed by atoms with Crippen LogP contribution >= 0.6 is 0 Å². The summed E-state index contributed by atoms with van der Waals surface area (Å²) in [6.07, 6.45) is 1.21. The highest BCUT2D eigenvalue weighted by Crippen LogP contribution is 2.19. The van der Waals surface area contributed by atoms with E-state index in [1.165, 1.54) is 22.7 Å². The highest BCUT2D eigenvalue weighted by atomic mass is 16.6. The van der Waals surface area contributed by atoms with Crippen molar-refractivity contribution in [1.82, 2.24) is 9.47 Å². The summed E-state index contributed by atoms with van der Waals surface area (Å²) in [4.78, 5) is 35.9. The highest BCUT2D eigenvalue weighted by molar-refractivity contribution is 5.90. The zero-order chi connectivity index (χ0) is 18.6. The summed E-state index contributed by atoms with van der Waals surface area (Å²) in [6, 6.07) is 10.4. The lowest BCUT2D eigenvalue weighted by Gasteiger charge is -2.25. The summed E-state index contributed by atoms with van der Waals surface area (Å²) in [5.41, 5.74) is 0.761. The molecular formula is C17H19N3O5. The van der Waals surface area contributed by atoms with E-state index in [1.54, 1.807) is 7.05 Å². The van der Waals surface area contributed by atoms with E-state index >= 15 is 0 Å². The molecule has 2 aromatic rings. The minimum absolute atomic E-state index is 0.0123. The number of hydrogen-bond acceptors (Lipinski definition) is 5. The van der Waals surface area contributed by atoms with Crippen molar-refractivity contribution in [2.75, 3.05) is 13.7 Å². The van der Waals surface area contributed by atoms with Crippen LogP contribution in [0.15, 0.2) is 42.6 Å². The molecule has 0 saturated carbocycles. The van der Waals surface area contributed by atoms with Gasteiger partial charge < -0.3 is 14.2 Å². The number of ether oxygens (including phenoxy) is 1. The van der Waals surface area contributed by atoms with E-state index < -0.39 is 17.5 Å². The Balaban J connectivity index is 1.97. The lowest BCUT2D eigenvalue weighted by molar-refractivity contribution is -0.384. The van der Waals surface area contributed by atoms with Gasteiger partial charge in [0.2, 0.25) is 0 Å². The van der Waals surface area contributed by atoms with Gasteiger partial charge in [0, 0.05) is 20.2 Å². The predicted octanol–water partition coefficient (Wildman–Crippen LogP) is 2.31. The number of aryl methyl sites for hydroxylation is 1. The molecule has 1 aromatic carbocycles. The molecule has 0 aliphatic rings. The molecule has 1 aromatic heterocycles. The molecule has 0 aliphatic heterocycles. The quantitative estimate of drug-likeness (QED) is 0.455. The van der Waals surface area contributed by atoms with E-state index in [4.69, 9.17) is 4.74 Å². The van der Waals surface area contributed by atoms with Gasteiger partial charge >= 0.3 is 5.97 Å². The fourth-order valence-corrected chi connectivity index (χ4v) is 2.32. The van der Waals surface area contributed by atoms with Crippen LogP contribution in [0.5, 0.6) is 0 Å². The second-order valence-electron chi connectivity index (χ2n) is 5.62. The molecule has 0 spiro atoms. The van der Waals surface area contributed by atoms with Gasteiger partial charge in [-0.2, -0.15) is 0 Å². The van der Waals surface area contributed by atoms with Crippen LogP contribution in [-0.4, -0.2) is 39.9 Å². The maximum absolute atomic E-state index is 12.2. The Morgan fingerprint density at radius 1 is 1.32 bits per heavy atom. The molecule has 1 atom stereocenters. The third-order valence-electron chi connectivity index (χ3n) is 3.99. The van der Waals surface area contributed by atoms with Crippen LogP contribution in [0.3, 0.4) is 0 Å². The number of aromatic nitrogens is 1. The van der Waals surface area contributed by atoms with Crippen molar-refractivity contribution in [3.63, 3.8) is 0 Å². The molecule has 1 heterocycles. The zero-order valence-corrected chi connectivity index (χ0v) is 14.2. The summed E-state index contributed by atoms with van der Waals surface area (Å²) in [5, 5.41) is 10.7. The first kappa shape index (κ1) is 18.2. The number of carbonyl (C=O) groups is 2. The van der Waals surface area contributed by atoms with Gasteiger partial charge in [-0.25, -0.2) is 4.79 Å². The monoisotopic (exact) mass is 345 g/mol.